The second kappa shape index (κ2) is 6.52. The number of hydrogen-bond acceptors (Lipinski definition) is 2. The molecule has 124 valence electrons. The first kappa shape index (κ1) is 22.1. The van der Waals surface area contributed by atoms with Crippen LogP contribution in [0, 0.1) is 0 Å². The minimum atomic E-state index is -7.00. The van der Waals surface area contributed by atoms with Crippen LogP contribution in [0.15, 0.2) is 24.3 Å². The van der Waals surface area contributed by atoms with E-state index in [0.29, 0.717) is 12.1 Å². The molecule has 0 aromatic heterocycles. The molecule has 12 heteroatoms. The molecule has 0 unspecified atom stereocenters. The van der Waals surface area contributed by atoms with E-state index in [-0.39, 0.29) is 41.7 Å². The van der Waals surface area contributed by atoms with Crippen LogP contribution in [-0.2, 0) is 5.92 Å². The Morgan fingerprint density at radius 3 is 1.48 bits per heavy atom. The maximum absolute atomic E-state index is 13.4. The molecule has 0 bridgehead atoms. The monoisotopic (exact) mass is 362 g/mol. The van der Waals surface area contributed by atoms with Crippen molar-refractivity contribution < 1.29 is 79.0 Å². The van der Waals surface area contributed by atoms with Gasteiger partial charge in [0.25, 0.3) is 0 Å². The molecule has 0 aliphatic rings. The zero-order valence-electron chi connectivity index (χ0n) is 11.0. The van der Waals surface area contributed by atoms with E-state index in [4.69, 9.17) is 0 Å². The van der Waals surface area contributed by atoms with Crippen molar-refractivity contribution in [3.63, 3.8) is 0 Å². The normalized spacial score (nSPS) is 13.4. The van der Waals surface area contributed by atoms with Crippen molar-refractivity contribution in [1.82, 2.24) is 0 Å². The van der Waals surface area contributed by atoms with E-state index < -0.39 is 41.0 Å². The molecule has 1 rings (SSSR count). The second-order valence-electron chi connectivity index (χ2n) is 4.09. The van der Waals surface area contributed by atoms with Crippen molar-refractivity contribution in [2.24, 2.45) is 0 Å². The van der Waals surface area contributed by atoms with Crippen LogP contribution in [0.5, 0.6) is 0 Å². The minimum absolute atomic E-state index is 0. The second-order valence-corrected chi connectivity index (χ2v) is 4.09. The van der Waals surface area contributed by atoms with Crippen molar-refractivity contribution in [3.8, 4) is 0 Å². The summed E-state index contributed by atoms with van der Waals surface area (Å²) < 4.78 is 114. The molecule has 0 saturated carbocycles. The van der Waals surface area contributed by atoms with Crippen LogP contribution < -0.4 is 34.7 Å². The van der Waals surface area contributed by atoms with Crippen molar-refractivity contribution in [1.29, 1.82) is 0 Å². The SMILES string of the molecule is O=C([O-])c1ccc(C(F)(F)C(F)(F)C(F)(F)C(F)(F)F)cc1.[Na+]. The van der Waals surface area contributed by atoms with Gasteiger partial charge in [-0.2, -0.15) is 39.5 Å². The first-order valence-corrected chi connectivity index (χ1v) is 5.18. The zero-order valence-corrected chi connectivity index (χ0v) is 13.0. The molecular formula is C11H4F9NaO2. The summed E-state index contributed by atoms with van der Waals surface area (Å²) in [5.41, 5.74) is -2.67. The van der Waals surface area contributed by atoms with Gasteiger partial charge in [0.15, 0.2) is 0 Å². The van der Waals surface area contributed by atoms with Crippen LogP contribution in [0.3, 0.4) is 0 Å². The van der Waals surface area contributed by atoms with E-state index in [2.05, 4.69) is 0 Å². The number of carbonyl (C=O) groups excluding carboxylic acids is 1. The molecule has 0 atom stereocenters. The Bertz CT molecular complexity index is 566. The van der Waals surface area contributed by atoms with E-state index in [1.54, 1.807) is 0 Å². The third-order valence-electron chi connectivity index (χ3n) is 2.63. The van der Waals surface area contributed by atoms with Gasteiger partial charge in [-0.05, 0) is 5.56 Å². The molecule has 0 amide bonds. The first-order chi connectivity index (χ1) is 9.66. The summed E-state index contributed by atoms with van der Waals surface area (Å²) in [5.74, 6) is -21.6. The van der Waals surface area contributed by atoms with E-state index in [9.17, 15) is 49.4 Å². The topological polar surface area (TPSA) is 40.1 Å². The summed E-state index contributed by atoms with van der Waals surface area (Å²) in [6.45, 7) is 0. The Kier molecular flexibility index (Phi) is 6.25. The molecule has 0 fully saturated rings. The van der Waals surface area contributed by atoms with Gasteiger partial charge in [-0.1, -0.05) is 24.3 Å². The molecule has 1 aromatic rings. The number of carboxylic acid groups (broad SMARTS) is 1. The molecule has 0 aliphatic heterocycles. The van der Waals surface area contributed by atoms with Gasteiger partial charge in [0.05, 0.1) is 5.97 Å². The molecule has 0 N–H and O–H groups in total. The Balaban J connectivity index is 0.00000484. The maximum Gasteiger partial charge on any atom is 1.00 e. The predicted molar refractivity (Wildman–Crippen MR) is 50.6 cm³/mol. The van der Waals surface area contributed by atoms with Gasteiger partial charge in [-0.25, -0.2) is 0 Å². The molecule has 0 radical (unpaired) electrons. The minimum Gasteiger partial charge on any atom is -0.545 e. The fourth-order valence-corrected chi connectivity index (χ4v) is 1.37. The van der Waals surface area contributed by atoms with Gasteiger partial charge in [0, 0.05) is 5.56 Å². The molecule has 0 spiro atoms. The maximum atomic E-state index is 13.4. The standard InChI is InChI=1S/C11H5F9O2.Na/c12-8(13,6-3-1-5(2-4-6)7(21)22)9(14,15)10(16,17)11(18,19)20;/h1-4H,(H,21,22);/q;+1/p-1. The molecule has 0 aliphatic carbocycles. The van der Waals surface area contributed by atoms with Crippen LogP contribution in [0.4, 0.5) is 39.5 Å². The Hall–Kier alpha value is -0.940. The Morgan fingerprint density at radius 1 is 0.783 bits per heavy atom. The Labute approximate surface area is 144 Å². The van der Waals surface area contributed by atoms with Crippen molar-refractivity contribution >= 4 is 5.97 Å². The predicted octanol–water partition coefficient (Wildman–Crippen LogP) is -0.0212. The summed E-state index contributed by atoms with van der Waals surface area (Å²) in [5, 5.41) is 10.3. The summed E-state index contributed by atoms with van der Waals surface area (Å²) in [4.78, 5) is 10.3. The van der Waals surface area contributed by atoms with Gasteiger partial charge >= 0.3 is 53.5 Å². The smallest absolute Gasteiger partial charge is 0.545 e. The third kappa shape index (κ3) is 3.61. The Morgan fingerprint density at radius 2 is 1.17 bits per heavy atom. The molecule has 23 heavy (non-hydrogen) atoms. The van der Waals surface area contributed by atoms with E-state index in [0.717, 1.165) is 0 Å². The van der Waals surface area contributed by atoms with Crippen molar-refractivity contribution in [2.75, 3.05) is 0 Å². The van der Waals surface area contributed by atoms with Crippen LogP contribution in [0.25, 0.3) is 0 Å². The fraction of sp³-hybridized carbons (Fsp3) is 0.364. The third-order valence-corrected chi connectivity index (χ3v) is 2.63. The number of carboxylic acids is 1. The fourth-order valence-electron chi connectivity index (χ4n) is 1.37. The summed E-state index contributed by atoms with van der Waals surface area (Å²) in [6, 6.07) is 0.595. The summed E-state index contributed by atoms with van der Waals surface area (Å²) in [6.07, 6.45) is -6.91. The van der Waals surface area contributed by atoms with E-state index >= 15 is 0 Å². The molecular weight excluding hydrogens is 358 g/mol. The molecule has 0 heterocycles. The number of hydrogen-bond donors (Lipinski definition) is 0. The number of alkyl halides is 9. The quantitative estimate of drug-likeness (QED) is 0.558. The number of benzene rings is 1. The van der Waals surface area contributed by atoms with Crippen LogP contribution in [-0.4, -0.2) is 24.0 Å². The van der Waals surface area contributed by atoms with E-state index in [1.165, 1.54) is 0 Å². The molecule has 2 nitrogen and oxygen atoms in total. The van der Waals surface area contributed by atoms with Crippen LogP contribution in [0.1, 0.15) is 15.9 Å². The number of aromatic carboxylic acids is 1. The van der Waals surface area contributed by atoms with Gasteiger partial charge in [0.2, 0.25) is 0 Å². The average molecular weight is 362 g/mol. The van der Waals surface area contributed by atoms with Crippen LogP contribution in [0.2, 0.25) is 0 Å². The number of rotatable bonds is 4. The van der Waals surface area contributed by atoms with Crippen molar-refractivity contribution in [2.45, 2.75) is 23.9 Å². The first-order valence-electron chi connectivity index (χ1n) is 5.18. The average Bonchev–Trinajstić information content (AvgIpc) is 2.37. The zero-order chi connectivity index (χ0) is 17.6. The van der Waals surface area contributed by atoms with Gasteiger partial charge in [-0.3, -0.25) is 0 Å². The molecule has 0 saturated heterocycles. The summed E-state index contributed by atoms with van der Waals surface area (Å²) in [7, 11) is 0. The molecule has 1 aromatic carbocycles. The number of carbonyl (C=O) groups is 1. The number of halogens is 9. The van der Waals surface area contributed by atoms with Gasteiger partial charge < -0.3 is 9.90 Å². The van der Waals surface area contributed by atoms with Gasteiger partial charge in [0.1, 0.15) is 0 Å². The van der Waals surface area contributed by atoms with Crippen LogP contribution >= 0.6 is 0 Å². The van der Waals surface area contributed by atoms with E-state index in [1.807, 2.05) is 0 Å². The van der Waals surface area contributed by atoms with Gasteiger partial charge in [-0.15, -0.1) is 0 Å². The summed E-state index contributed by atoms with van der Waals surface area (Å²) >= 11 is 0. The largest absolute Gasteiger partial charge is 1.00 e. The van der Waals surface area contributed by atoms with Crippen molar-refractivity contribution in [3.05, 3.63) is 35.4 Å².